The summed E-state index contributed by atoms with van der Waals surface area (Å²) in [7, 11) is 1.56. The first-order valence-electron chi connectivity index (χ1n) is 6.93. The summed E-state index contributed by atoms with van der Waals surface area (Å²) in [5.41, 5.74) is 4.53. The molecule has 23 heavy (non-hydrogen) atoms. The van der Waals surface area contributed by atoms with Gasteiger partial charge in [-0.05, 0) is 36.8 Å². The Morgan fingerprint density at radius 1 is 1.09 bits per heavy atom. The molecule has 0 aliphatic carbocycles. The summed E-state index contributed by atoms with van der Waals surface area (Å²) in [6.07, 6.45) is 1.43. The second-order valence-corrected chi connectivity index (χ2v) is 4.80. The molecule has 0 heterocycles. The van der Waals surface area contributed by atoms with Crippen LogP contribution >= 0.6 is 0 Å². The smallest absolute Gasteiger partial charge is 0.329 e. The van der Waals surface area contributed by atoms with Crippen LogP contribution in [-0.4, -0.2) is 25.1 Å². The van der Waals surface area contributed by atoms with E-state index in [1.807, 2.05) is 19.1 Å². The van der Waals surface area contributed by atoms with Crippen molar-refractivity contribution in [2.75, 3.05) is 12.4 Å². The lowest BCUT2D eigenvalue weighted by molar-refractivity contribution is -0.136. The van der Waals surface area contributed by atoms with E-state index in [1.165, 1.54) is 6.21 Å². The van der Waals surface area contributed by atoms with Crippen molar-refractivity contribution in [1.82, 2.24) is 5.43 Å². The maximum atomic E-state index is 11.7. The third-order valence-corrected chi connectivity index (χ3v) is 2.99. The highest BCUT2D eigenvalue weighted by Gasteiger charge is 2.12. The summed E-state index contributed by atoms with van der Waals surface area (Å²) >= 11 is 0. The fraction of sp³-hybridized carbons (Fsp3) is 0.118. The molecule has 0 fully saturated rings. The first-order chi connectivity index (χ1) is 11.1. The van der Waals surface area contributed by atoms with E-state index in [0.717, 1.165) is 11.1 Å². The Balaban J connectivity index is 1.89. The van der Waals surface area contributed by atoms with E-state index in [4.69, 9.17) is 4.74 Å². The molecule has 0 saturated carbocycles. The topological polar surface area (TPSA) is 79.8 Å². The average Bonchev–Trinajstić information content (AvgIpc) is 2.57. The van der Waals surface area contributed by atoms with Crippen LogP contribution in [0.2, 0.25) is 0 Å². The summed E-state index contributed by atoms with van der Waals surface area (Å²) in [6.45, 7) is 1.94. The van der Waals surface area contributed by atoms with Gasteiger partial charge in [-0.25, -0.2) is 5.43 Å². The van der Waals surface area contributed by atoms with Crippen molar-refractivity contribution in [2.45, 2.75) is 6.92 Å². The van der Waals surface area contributed by atoms with Crippen molar-refractivity contribution in [2.24, 2.45) is 5.10 Å². The maximum absolute atomic E-state index is 11.7. The van der Waals surface area contributed by atoms with E-state index in [2.05, 4.69) is 15.8 Å². The number of hydrogen-bond donors (Lipinski definition) is 2. The molecular weight excluding hydrogens is 294 g/mol. The predicted molar refractivity (Wildman–Crippen MR) is 88.5 cm³/mol. The van der Waals surface area contributed by atoms with Crippen LogP contribution in [0, 0.1) is 6.92 Å². The quantitative estimate of drug-likeness (QED) is 0.515. The average molecular weight is 311 g/mol. The maximum Gasteiger partial charge on any atom is 0.329 e. The molecule has 118 valence electrons. The Morgan fingerprint density at radius 2 is 1.83 bits per heavy atom. The molecule has 0 atom stereocenters. The van der Waals surface area contributed by atoms with E-state index in [9.17, 15) is 9.59 Å². The van der Waals surface area contributed by atoms with Gasteiger partial charge in [0.25, 0.3) is 0 Å². The summed E-state index contributed by atoms with van der Waals surface area (Å²) in [6, 6.07) is 14.3. The molecule has 0 unspecified atom stereocenters. The zero-order valence-electron chi connectivity index (χ0n) is 12.9. The molecule has 0 spiro atoms. The zero-order valence-corrected chi connectivity index (χ0v) is 12.9. The van der Waals surface area contributed by atoms with Crippen molar-refractivity contribution >= 4 is 23.7 Å². The molecule has 0 bridgehead atoms. The van der Waals surface area contributed by atoms with Crippen molar-refractivity contribution in [3.05, 3.63) is 59.7 Å². The first-order valence-corrected chi connectivity index (χ1v) is 6.93. The van der Waals surface area contributed by atoms with Crippen LogP contribution in [0.4, 0.5) is 5.69 Å². The number of nitrogens with zero attached hydrogens (tertiary/aromatic N) is 1. The summed E-state index contributed by atoms with van der Waals surface area (Å²) < 4.78 is 5.08. The number of carbonyl (C=O) groups is 2. The van der Waals surface area contributed by atoms with Gasteiger partial charge >= 0.3 is 11.8 Å². The standard InChI is InChI=1S/C17H17N3O3/c1-12-6-8-14(9-7-12)19-16(21)17(22)20-18-11-13-4-3-5-15(10-13)23-2/h3-11H,1-2H3,(H,19,21)(H,20,22). The highest BCUT2D eigenvalue weighted by molar-refractivity contribution is 6.39. The van der Waals surface area contributed by atoms with Crippen molar-refractivity contribution in [3.63, 3.8) is 0 Å². The Bertz CT molecular complexity index is 724. The monoisotopic (exact) mass is 311 g/mol. The third kappa shape index (κ3) is 4.96. The molecule has 0 aromatic heterocycles. The molecule has 6 heteroatoms. The normalized spacial score (nSPS) is 10.3. The number of anilines is 1. The lowest BCUT2D eigenvalue weighted by atomic mass is 10.2. The number of nitrogens with one attached hydrogen (secondary N) is 2. The van der Waals surface area contributed by atoms with Crippen LogP contribution in [-0.2, 0) is 9.59 Å². The summed E-state index contributed by atoms with van der Waals surface area (Å²) in [5.74, 6) is -0.946. The largest absolute Gasteiger partial charge is 0.497 e. The van der Waals surface area contributed by atoms with Crippen LogP contribution in [0.15, 0.2) is 53.6 Å². The van der Waals surface area contributed by atoms with Gasteiger partial charge in [0.15, 0.2) is 0 Å². The number of rotatable bonds is 4. The van der Waals surface area contributed by atoms with E-state index in [-0.39, 0.29) is 0 Å². The van der Waals surface area contributed by atoms with Crippen LogP contribution in [0.3, 0.4) is 0 Å². The SMILES string of the molecule is COc1cccc(C=NNC(=O)C(=O)Nc2ccc(C)cc2)c1. The van der Waals surface area contributed by atoms with Gasteiger partial charge in [-0.2, -0.15) is 5.10 Å². The molecule has 0 aliphatic rings. The number of aryl methyl sites for hydroxylation is 1. The second kappa shape index (κ2) is 7.74. The molecular formula is C17H17N3O3. The number of carbonyl (C=O) groups excluding carboxylic acids is 2. The van der Waals surface area contributed by atoms with Gasteiger partial charge < -0.3 is 10.1 Å². The van der Waals surface area contributed by atoms with Crippen LogP contribution < -0.4 is 15.5 Å². The molecule has 2 amide bonds. The molecule has 6 nitrogen and oxygen atoms in total. The van der Waals surface area contributed by atoms with Crippen molar-refractivity contribution in [3.8, 4) is 5.75 Å². The lowest BCUT2D eigenvalue weighted by Crippen LogP contribution is -2.32. The minimum atomic E-state index is -0.843. The molecule has 2 aromatic rings. The first kappa shape index (κ1) is 16.2. The van der Waals surface area contributed by atoms with Gasteiger partial charge in [0.2, 0.25) is 0 Å². The van der Waals surface area contributed by atoms with Gasteiger partial charge in [0.05, 0.1) is 13.3 Å². The van der Waals surface area contributed by atoms with E-state index in [1.54, 1.807) is 43.5 Å². The Kier molecular flexibility index (Phi) is 5.46. The van der Waals surface area contributed by atoms with Gasteiger partial charge in [-0.15, -0.1) is 0 Å². The van der Waals surface area contributed by atoms with Gasteiger partial charge in [-0.1, -0.05) is 29.8 Å². The van der Waals surface area contributed by atoms with Crippen molar-refractivity contribution < 1.29 is 14.3 Å². The van der Waals surface area contributed by atoms with Gasteiger partial charge in [-0.3, -0.25) is 9.59 Å². The molecule has 0 aliphatic heterocycles. The molecule has 2 rings (SSSR count). The molecule has 0 saturated heterocycles. The molecule has 2 aromatic carbocycles. The predicted octanol–water partition coefficient (Wildman–Crippen LogP) is 2.09. The van der Waals surface area contributed by atoms with E-state index < -0.39 is 11.8 Å². The number of methoxy groups -OCH3 is 1. The molecule has 0 radical (unpaired) electrons. The zero-order chi connectivity index (χ0) is 16.7. The highest BCUT2D eigenvalue weighted by atomic mass is 16.5. The molecule has 2 N–H and O–H groups in total. The third-order valence-electron chi connectivity index (χ3n) is 2.99. The van der Waals surface area contributed by atoms with Crippen LogP contribution in [0.5, 0.6) is 5.75 Å². The van der Waals surface area contributed by atoms with E-state index >= 15 is 0 Å². The number of ether oxygens (including phenoxy) is 1. The van der Waals surface area contributed by atoms with Gasteiger partial charge in [0.1, 0.15) is 5.75 Å². The van der Waals surface area contributed by atoms with Crippen LogP contribution in [0.25, 0.3) is 0 Å². The fourth-order valence-electron chi connectivity index (χ4n) is 1.76. The van der Waals surface area contributed by atoms with Crippen molar-refractivity contribution in [1.29, 1.82) is 0 Å². The summed E-state index contributed by atoms with van der Waals surface area (Å²) in [5, 5.41) is 6.24. The minimum Gasteiger partial charge on any atom is -0.497 e. The Morgan fingerprint density at radius 3 is 2.52 bits per heavy atom. The fourth-order valence-corrected chi connectivity index (χ4v) is 1.76. The number of hydrazone groups is 1. The van der Waals surface area contributed by atoms with Crippen LogP contribution in [0.1, 0.15) is 11.1 Å². The number of benzene rings is 2. The van der Waals surface area contributed by atoms with E-state index in [0.29, 0.717) is 11.4 Å². The number of amides is 2. The van der Waals surface area contributed by atoms with Gasteiger partial charge in [0, 0.05) is 5.69 Å². The second-order valence-electron chi connectivity index (χ2n) is 4.80. The number of hydrogen-bond acceptors (Lipinski definition) is 4. The highest BCUT2D eigenvalue weighted by Crippen LogP contribution is 2.10. The Hall–Kier alpha value is -3.15. The summed E-state index contributed by atoms with van der Waals surface area (Å²) in [4.78, 5) is 23.4. The lowest BCUT2D eigenvalue weighted by Gasteiger charge is -2.04. The minimum absolute atomic E-state index is 0.549. The Labute approximate surface area is 134 Å².